The number of carbonyl (C=O) groups is 2. The van der Waals surface area contributed by atoms with Crippen LogP contribution in [0.2, 0.25) is 0 Å². The molecule has 2 amide bonds. The fourth-order valence-electron chi connectivity index (χ4n) is 5.33. The first-order valence-corrected chi connectivity index (χ1v) is 14.4. The van der Waals surface area contributed by atoms with Crippen molar-refractivity contribution in [3.05, 3.63) is 23.8 Å². The van der Waals surface area contributed by atoms with Gasteiger partial charge in [-0.25, -0.2) is 0 Å². The van der Waals surface area contributed by atoms with Gasteiger partial charge in [0.1, 0.15) is 0 Å². The zero-order chi connectivity index (χ0) is 28.6. The monoisotopic (exact) mass is 583 g/mol. The average Bonchev–Trinajstić information content (AvgIpc) is 3.71. The Morgan fingerprint density at radius 2 is 1.77 bits per heavy atom. The van der Waals surface area contributed by atoms with Gasteiger partial charge in [-0.1, -0.05) is 0 Å². The number of methoxy groups -OCH3 is 2. The highest BCUT2D eigenvalue weighted by molar-refractivity contribution is 5.95. The van der Waals surface area contributed by atoms with Crippen LogP contribution in [0.15, 0.2) is 18.2 Å². The van der Waals surface area contributed by atoms with Crippen molar-refractivity contribution in [2.24, 2.45) is 0 Å². The first-order chi connectivity index (χ1) is 18.5. The van der Waals surface area contributed by atoms with Crippen LogP contribution in [-0.2, 0) is 9.53 Å². The molecule has 2 aliphatic rings. The van der Waals surface area contributed by atoms with Crippen molar-refractivity contribution in [3.8, 4) is 11.5 Å². The largest absolute Gasteiger partial charge is 0.493 e. The third-order valence-corrected chi connectivity index (χ3v) is 7.45. The second-order valence-corrected chi connectivity index (χ2v) is 11.8. The SMILES string of the molecule is COCCCOc1cc(C(=O)N(C(C)C)[C@@H]2CC[C@H](CCN(C(=O)CC(C)(C)O)C3CC3)NC2)ccc1OC.Cl. The van der Waals surface area contributed by atoms with Crippen LogP contribution in [0.5, 0.6) is 11.5 Å². The molecular formula is C30H50ClN3O6. The highest BCUT2D eigenvalue weighted by atomic mass is 35.5. The highest BCUT2D eigenvalue weighted by Crippen LogP contribution is 2.31. The second kappa shape index (κ2) is 15.8. The third kappa shape index (κ3) is 10.1. The third-order valence-electron chi connectivity index (χ3n) is 7.45. The lowest BCUT2D eigenvalue weighted by Crippen LogP contribution is -2.54. The fourth-order valence-corrected chi connectivity index (χ4v) is 5.33. The number of hydrogen-bond donors (Lipinski definition) is 2. The number of halogens is 1. The highest BCUT2D eigenvalue weighted by Gasteiger charge is 2.36. The number of carbonyl (C=O) groups excluding carboxylic acids is 2. The number of nitrogens with one attached hydrogen (secondary N) is 1. The lowest BCUT2D eigenvalue weighted by atomic mass is 9.95. The van der Waals surface area contributed by atoms with Crippen molar-refractivity contribution >= 4 is 24.2 Å². The van der Waals surface area contributed by atoms with Crippen LogP contribution in [0, 0.1) is 0 Å². The minimum absolute atomic E-state index is 0. The minimum Gasteiger partial charge on any atom is -0.493 e. The molecule has 9 nitrogen and oxygen atoms in total. The van der Waals surface area contributed by atoms with Crippen LogP contribution in [0.1, 0.15) is 83.0 Å². The molecule has 0 bridgehead atoms. The molecular weight excluding hydrogens is 534 g/mol. The summed E-state index contributed by atoms with van der Waals surface area (Å²) in [6.45, 7) is 9.97. The molecule has 40 heavy (non-hydrogen) atoms. The summed E-state index contributed by atoms with van der Waals surface area (Å²) in [5.74, 6) is 1.18. The lowest BCUT2D eigenvalue weighted by molar-refractivity contribution is -0.136. The first-order valence-electron chi connectivity index (χ1n) is 14.4. The molecule has 1 heterocycles. The van der Waals surface area contributed by atoms with Crippen molar-refractivity contribution in [1.82, 2.24) is 15.1 Å². The van der Waals surface area contributed by atoms with Gasteiger partial charge in [0, 0.05) is 63.0 Å². The van der Waals surface area contributed by atoms with E-state index in [9.17, 15) is 14.7 Å². The van der Waals surface area contributed by atoms with Crippen molar-refractivity contribution in [1.29, 1.82) is 0 Å². The van der Waals surface area contributed by atoms with Gasteiger partial charge in [-0.05, 0) is 78.0 Å². The van der Waals surface area contributed by atoms with E-state index < -0.39 is 5.60 Å². The predicted octanol–water partition coefficient (Wildman–Crippen LogP) is 4.05. The topological polar surface area (TPSA) is 101 Å². The Balaban J connectivity index is 0.00000560. The van der Waals surface area contributed by atoms with Crippen LogP contribution in [0.3, 0.4) is 0 Å². The number of benzene rings is 1. The number of piperidine rings is 1. The summed E-state index contributed by atoms with van der Waals surface area (Å²) in [5, 5.41) is 13.7. The van der Waals surface area contributed by atoms with E-state index in [0.29, 0.717) is 55.4 Å². The van der Waals surface area contributed by atoms with E-state index in [1.54, 1.807) is 46.3 Å². The number of rotatable bonds is 15. The summed E-state index contributed by atoms with van der Waals surface area (Å²) in [6, 6.07) is 6.11. The van der Waals surface area contributed by atoms with Gasteiger partial charge < -0.3 is 34.4 Å². The van der Waals surface area contributed by atoms with Crippen LogP contribution >= 0.6 is 12.4 Å². The van der Waals surface area contributed by atoms with Crippen LogP contribution in [0.4, 0.5) is 0 Å². The number of aliphatic hydroxyl groups is 1. The van der Waals surface area contributed by atoms with Crippen LogP contribution in [0.25, 0.3) is 0 Å². The standard InChI is InChI=1S/C30H49N3O6.ClH/c1-21(2)33(29(35)22-8-13-26(38-6)27(18-22)39-17-7-16-37-5)25-10-9-23(31-20-25)14-15-32(24-11-12-24)28(34)19-30(3,4)36;/h8,13,18,21,23-25,31,36H,7,9-12,14-17,19-20H2,1-6H3;1H/t23-,25-;/m1./s1. The number of amides is 2. The quantitative estimate of drug-likeness (QED) is 0.301. The number of nitrogens with zero attached hydrogens (tertiary/aromatic N) is 2. The Labute approximate surface area is 246 Å². The summed E-state index contributed by atoms with van der Waals surface area (Å²) >= 11 is 0. The molecule has 1 aromatic carbocycles. The molecule has 2 atom stereocenters. The molecule has 0 spiro atoms. The zero-order valence-corrected chi connectivity index (χ0v) is 25.9. The van der Waals surface area contributed by atoms with E-state index in [2.05, 4.69) is 19.2 Å². The number of ether oxygens (including phenoxy) is 3. The van der Waals surface area contributed by atoms with Gasteiger partial charge in [-0.15, -0.1) is 12.4 Å². The summed E-state index contributed by atoms with van der Waals surface area (Å²) in [6.07, 6.45) is 5.72. The van der Waals surface area contributed by atoms with Crippen molar-refractivity contribution < 1.29 is 28.9 Å². The van der Waals surface area contributed by atoms with E-state index in [0.717, 1.165) is 38.5 Å². The minimum atomic E-state index is -0.992. The van der Waals surface area contributed by atoms with Crippen molar-refractivity contribution in [3.63, 3.8) is 0 Å². The average molecular weight is 584 g/mol. The molecule has 1 saturated carbocycles. The Kier molecular flexibility index (Phi) is 13.5. The maximum absolute atomic E-state index is 13.7. The van der Waals surface area contributed by atoms with Gasteiger partial charge in [0.2, 0.25) is 5.91 Å². The van der Waals surface area contributed by atoms with Crippen LogP contribution in [-0.4, -0.2) is 97.0 Å². The van der Waals surface area contributed by atoms with E-state index in [1.807, 2.05) is 9.80 Å². The fraction of sp³-hybridized carbons (Fsp3) is 0.733. The van der Waals surface area contributed by atoms with Gasteiger partial charge in [0.05, 0.1) is 25.7 Å². The van der Waals surface area contributed by atoms with E-state index in [1.165, 1.54) is 0 Å². The smallest absolute Gasteiger partial charge is 0.254 e. The molecule has 0 radical (unpaired) electrons. The van der Waals surface area contributed by atoms with E-state index >= 15 is 0 Å². The second-order valence-electron chi connectivity index (χ2n) is 11.8. The van der Waals surface area contributed by atoms with Gasteiger partial charge in [0.15, 0.2) is 11.5 Å². The van der Waals surface area contributed by atoms with Gasteiger partial charge in [0.25, 0.3) is 5.91 Å². The molecule has 0 unspecified atom stereocenters. The predicted molar refractivity (Wildman–Crippen MR) is 159 cm³/mol. The van der Waals surface area contributed by atoms with Crippen molar-refractivity contribution in [2.75, 3.05) is 40.5 Å². The molecule has 2 fully saturated rings. The Morgan fingerprint density at radius 1 is 1.07 bits per heavy atom. The molecule has 0 aromatic heterocycles. The lowest BCUT2D eigenvalue weighted by Gasteiger charge is -2.40. The zero-order valence-electron chi connectivity index (χ0n) is 25.1. The molecule has 1 aliphatic carbocycles. The number of hydrogen-bond acceptors (Lipinski definition) is 7. The summed E-state index contributed by atoms with van der Waals surface area (Å²) in [7, 11) is 3.25. The van der Waals surface area contributed by atoms with Gasteiger partial charge in [-0.3, -0.25) is 9.59 Å². The maximum Gasteiger partial charge on any atom is 0.254 e. The normalized spacial score (nSPS) is 19.1. The molecule has 228 valence electrons. The summed E-state index contributed by atoms with van der Waals surface area (Å²) in [4.78, 5) is 30.4. The summed E-state index contributed by atoms with van der Waals surface area (Å²) in [5.41, 5.74) is -0.410. The molecule has 10 heteroatoms. The first kappa shape index (κ1) is 34.1. The Bertz CT molecular complexity index is 942. The molecule has 2 N–H and O–H groups in total. The summed E-state index contributed by atoms with van der Waals surface area (Å²) < 4.78 is 16.4. The van der Waals surface area contributed by atoms with Crippen LogP contribution < -0.4 is 14.8 Å². The molecule has 1 saturated heterocycles. The van der Waals surface area contributed by atoms with E-state index in [4.69, 9.17) is 14.2 Å². The van der Waals surface area contributed by atoms with Gasteiger partial charge in [-0.2, -0.15) is 0 Å². The Hall–Kier alpha value is -2.07. The molecule has 1 aliphatic heterocycles. The molecule has 1 aromatic rings. The maximum atomic E-state index is 13.7. The van der Waals surface area contributed by atoms with Crippen molar-refractivity contribution in [2.45, 2.75) is 102 Å². The van der Waals surface area contributed by atoms with E-state index in [-0.39, 0.29) is 42.7 Å². The molecule has 3 rings (SSSR count). The Morgan fingerprint density at radius 3 is 2.33 bits per heavy atom. The van der Waals surface area contributed by atoms with Gasteiger partial charge >= 0.3 is 0 Å².